The Morgan fingerprint density at radius 3 is 2.64 bits per heavy atom. The molecule has 0 saturated heterocycles. The Labute approximate surface area is 182 Å². The Balaban J connectivity index is 1.81. The standard InChI is InChI=1S/C19H15F3N8O3/c1-2-24-17(31)27-15-4-14(30-9-12(7-26-30)19(20,21)22)13(8-25-15)10-3-11(6-23-5-10)16-28-29-18(32)33-16/h3-9H,2H2,1H3,(H,29,32)(H2,24,25,27,31). The van der Waals surface area contributed by atoms with Crippen molar-refractivity contribution in [3.8, 4) is 28.3 Å². The van der Waals surface area contributed by atoms with Gasteiger partial charge in [0, 0.05) is 48.5 Å². The van der Waals surface area contributed by atoms with Crippen LogP contribution in [0.2, 0.25) is 0 Å². The third-order valence-corrected chi connectivity index (χ3v) is 4.35. The fourth-order valence-electron chi connectivity index (χ4n) is 2.90. The molecule has 0 radical (unpaired) electrons. The molecule has 170 valence electrons. The van der Waals surface area contributed by atoms with Gasteiger partial charge in [0.05, 0.1) is 23.0 Å². The van der Waals surface area contributed by atoms with Crippen molar-refractivity contribution in [2.75, 3.05) is 11.9 Å². The van der Waals surface area contributed by atoms with Crippen molar-refractivity contribution in [2.24, 2.45) is 0 Å². The highest BCUT2D eigenvalue weighted by molar-refractivity contribution is 5.89. The molecule has 0 aliphatic carbocycles. The molecule has 0 saturated carbocycles. The number of amides is 2. The maximum Gasteiger partial charge on any atom is 0.434 e. The number of aromatic amines is 1. The van der Waals surface area contributed by atoms with Crippen LogP contribution in [0.25, 0.3) is 28.3 Å². The molecular formula is C19H15F3N8O3. The number of alkyl halides is 3. The molecule has 3 N–H and O–H groups in total. The minimum Gasteiger partial charge on any atom is -0.388 e. The summed E-state index contributed by atoms with van der Waals surface area (Å²) in [6, 6.07) is 2.41. The fraction of sp³-hybridized carbons (Fsp3) is 0.158. The van der Waals surface area contributed by atoms with E-state index in [1.807, 2.05) is 0 Å². The average Bonchev–Trinajstić information content (AvgIpc) is 3.43. The van der Waals surface area contributed by atoms with E-state index in [1.165, 1.54) is 24.7 Å². The van der Waals surface area contributed by atoms with Crippen molar-refractivity contribution >= 4 is 11.8 Å². The summed E-state index contributed by atoms with van der Waals surface area (Å²) in [6.45, 7) is 2.10. The number of urea groups is 1. The van der Waals surface area contributed by atoms with Gasteiger partial charge in [0.2, 0.25) is 0 Å². The van der Waals surface area contributed by atoms with E-state index >= 15 is 0 Å². The van der Waals surface area contributed by atoms with Gasteiger partial charge in [-0.15, -0.1) is 5.10 Å². The molecule has 0 aliphatic heterocycles. The number of carbonyl (C=O) groups is 1. The summed E-state index contributed by atoms with van der Waals surface area (Å²) >= 11 is 0. The lowest BCUT2D eigenvalue weighted by Gasteiger charge is -2.13. The Morgan fingerprint density at radius 2 is 1.97 bits per heavy atom. The highest BCUT2D eigenvalue weighted by atomic mass is 19.4. The molecule has 0 unspecified atom stereocenters. The quantitative estimate of drug-likeness (QED) is 0.415. The zero-order valence-electron chi connectivity index (χ0n) is 16.8. The lowest BCUT2D eigenvalue weighted by atomic mass is 10.1. The van der Waals surface area contributed by atoms with E-state index in [0.717, 1.165) is 10.9 Å². The number of H-pyrrole nitrogens is 1. The van der Waals surface area contributed by atoms with Crippen LogP contribution in [0.4, 0.5) is 23.8 Å². The average molecular weight is 460 g/mol. The topological polar surface area (TPSA) is 144 Å². The molecule has 0 aliphatic rings. The largest absolute Gasteiger partial charge is 0.434 e. The Hall–Kier alpha value is -4.49. The number of hydrogen-bond donors (Lipinski definition) is 3. The SMILES string of the molecule is CCNC(=O)Nc1cc(-n2cc(C(F)(F)F)cn2)c(-c2cncc(-c3n[nH]c(=O)o3)c2)cn1. The number of nitrogens with one attached hydrogen (secondary N) is 3. The molecule has 11 nitrogen and oxygen atoms in total. The molecule has 0 fully saturated rings. The Morgan fingerprint density at radius 1 is 1.18 bits per heavy atom. The highest BCUT2D eigenvalue weighted by Gasteiger charge is 2.32. The van der Waals surface area contributed by atoms with Crippen LogP contribution in [0.3, 0.4) is 0 Å². The van der Waals surface area contributed by atoms with Crippen molar-refractivity contribution in [1.29, 1.82) is 0 Å². The van der Waals surface area contributed by atoms with E-state index in [0.29, 0.717) is 29.4 Å². The zero-order chi connectivity index (χ0) is 23.6. The number of hydrogen-bond acceptors (Lipinski definition) is 7. The summed E-state index contributed by atoms with van der Waals surface area (Å²) in [4.78, 5) is 31.4. The molecule has 0 spiro atoms. The molecule has 2 amide bonds. The third kappa shape index (κ3) is 4.73. The number of nitrogens with zero attached hydrogens (tertiary/aromatic N) is 5. The molecule has 4 rings (SSSR count). The van der Waals surface area contributed by atoms with Gasteiger partial charge in [-0.25, -0.2) is 24.4 Å². The van der Waals surface area contributed by atoms with Crippen molar-refractivity contribution in [3.05, 3.63) is 59.2 Å². The van der Waals surface area contributed by atoms with Gasteiger partial charge in [0.15, 0.2) is 0 Å². The second-order valence-corrected chi connectivity index (χ2v) is 6.62. The van der Waals surface area contributed by atoms with E-state index in [9.17, 15) is 22.8 Å². The van der Waals surface area contributed by atoms with Crippen molar-refractivity contribution < 1.29 is 22.4 Å². The first-order chi connectivity index (χ1) is 15.7. The highest BCUT2D eigenvalue weighted by Crippen LogP contribution is 2.33. The van der Waals surface area contributed by atoms with E-state index in [4.69, 9.17) is 4.42 Å². The monoisotopic (exact) mass is 460 g/mol. The number of halogens is 3. The number of anilines is 1. The number of aromatic nitrogens is 6. The second kappa shape index (κ2) is 8.57. The fourth-order valence-corrected chi connectivity index (χ4v) is 2.90. The lowest BCUT2D eigenvalue weighted by Crippen LogP contribution is -2.28. The molecule has 33 heavy (non-hydrogen) atoms. The van der Waals surface area contributed by atoms with Crippen LogP contribution in [-0.4, -0.2) is 42.5 Å². The summed E-state index contributed by atoms with van der Waals surface area (Å²) in [5, 5.41) is 14.7. The predicted octanol–water partition coefficient (Wildman–Crippen LogP) is 2.83. The maximum atomic E-state index is 13.1. The minimum absolute atomic E-state index is 0.0168. The molecule has 4 aromatic heterocycles. The van der Waals surface area contributed by atoms with Crippen molar-refractivity contribution in [3.63, 3.8) is 0 Å². The first-order valence-corrected chi connectivity index (χ1v) is 9.43. The Bertz CT molecular complexity index is 1360. The summed E-state index contributed by atoms with van der Waals surface area (Å²) in [7, 11) is 0. The number of rotatable bonds is 5. The maximum absolute atomic E-state index is 13.1. The van der Waals surface area contributed by atoms with Crippen molar-refractivity contribution in [1.82, 2.24) is 35.3 Å². The first kappa shape index (κ1) is 21.7. The van der Waals surface area contributed by atoms with Gasteiger partial charge in [-0.3, -0.25) is 10.3 Å². The smallest absolute Gasteiger partial charge is 0.388 e. The summed E-state index contributed by atoms with van der Waals surface area (Å²) in [5.74, 6) is -0.683. The van der Waals surface area contributed by atoms with E-state index in [2.05, 4.69) is 35.9 Å². The summed E-state index contributed by atoms with van der Waals surface area (Å²) in [6.07, 6.45) is 1.11. The van der Waals surface area contributed by atoms with Gasteiger partial charge >= 0.3 is 18.0 Å². The second-order valence-electron chi connectivity index (χ2n) is 6.62. The van der Waals surface area contributed by atoms with Gasteiger partial charge in [0.25, 0.3) is 5.89 Å². The van der Waals surface area contributed by atoms with Gasteiger partial charge in [-0.2, -0.15) is 18.3 Å². The van der Waals surface area contributed by atoms with Crippen LogP contribution in [0.5, 0.6) is 0 Å². The van der Waals surface area contributed by atoms with Crippen LogP contribution in [0.1, 0.15) is 12.5 Å². The van der Waals surface area contributed by atoms with Gasteiger partial charge < -0.3 is 9.73 Å². The molecular weight excluding hydrogens is 445 g/mol. The zero-order valence-corrected chi connectivity index (χ0v) is 16.8. The van der Waals surface area contributed by atoms with E-state index in [-0.39, 0.29) is 17.4 Å². The van der Waals surface area contributed by atoms with Crippen molar-refractivity contribution in [2.45, 2.75) is 13.1 Å². The van der Waals surface area contributed by atoms with Gasteiger partial charge in [0.1, 0.15) is 5.82 Å². The molecule has 0 atom stereocenters. The van der Waals surface area contributed by atoms with Crippen LogP contribution in [0.15, 0.2) is 52.3 Å². The summed E-state index contributed by atoms with van der Waals surface area (Å²) in [5.41, 5.74) is 0.357. The Kier molecular flexibility index (Phi) is 5.64. The number of pyridine rings is 2. The predicted molar refractivity (Wildman–Crippen MR) is 108 cm³/mol. The normalized spacial score (nSPS) is 11.4. The number of carbonyl (C=O) groups excluding carboxylic acids is 1. The molecule has 4 heterocycles. The van der Waals surface area contributed by atoms with Gasteiger partial charge in [-0.05, 0) is 13.0 Å². The van der Waals surface area contributed by atoms with Gasteiger partial charge in [-0.1, -0.05) is 0 Å². The lowest BCUT2D eigenvalue weighted by molar-refractivity contribution is -0.137. The van der Waals surface area contributed by atoms with E-state index in [1.54, 1.807) is 13.0 Å². The molecule has 0 bridgehead atoms. The molecule has 14 heteroatoms. The van der Waals surface area contributed by atoms with Crippen LogP contribution in [0, 0.1) is 0 Å². The molecule has 4 aromatic rings. The first-order valence-electron chi connectivity index (χ1n) is 9.43. The molecule has 0 aromatic carbocycles. The van der Waals surface area contributed by atoms with Crippen LogP contribution < -0.4 is 16.4 Å². The van der Waals surface area contributed by atoms with E-state index < -0.39 is 23.5 Å². The summed E-state index contributed by atoms with van der Waals surface area (Å²) < 4.78 is 45.3. The van der Waals surface area contributed by atoms with Crippen LogP contribution >= 0.6 is 0 Å². The van der Waals surface area contributed by atoms with Crippen LogP contribution in [-0.2, 0) is 6.18 Å². The minimum atomic E-state index is -4.59. The third-order valence-electron chi connectivity index (χ3n) is 4.35.